The average molecular weight is 224 g/mol. The molecule has 0 saturated heterocycles. The van der Waals surface area contributed by atoms with E-state index in [1.807, 2.05) is 11.3 Å². The third kappa shape index (κ3) is 3.58. The van der Waals surface area contributed by atoms with Crippen LogP contribution < -0.4 is 5.32 Å². The number of nitrogens with one attached hydrogen (secondary N) is 1. The molecule has 0 atom stereocenters. The Morgan fingerprint density at radius 2 is 2.33 bits per heavy atom. The molecule has 0 aliphatic heterocycles. The van der Waals surface area contributed by atoms with Crippen LogP contribution in [0.25, 0.3) is 0 Å². The first kappa shape index (κ1) is 11.1. The van der Waals surface area contributed by atoms with Crippen LogP contribution in [0.2, 0.25) is 0 Å². The van der Waals surface area contributed by atoms with E-state index in [1.54, 1.807) is 0 Å². The van der Waals surface area contributed by atoms with Crippen LogP contribution in [0.15, 0.2) is 5.38 Å². The van der Waals surface area contributed by atoms with Crippen molar-refractivity contribution < 1.29 is 0 Å². The van der Waals surface area contributed by atoms with Gasteiger partial charge in [0.25, 0.3) is 0 Å². The van der Waals surface area contributed by atoms with Crippen LogP contribution in [0.4, 0.5) is 0 Å². The largest absolute Gasteiger partial charge is 0.316 e. The van der Waals surface area contributed by atoms with Gasteiger partial charge in [0.05, 0.1) is 10.7 Å². The molecule has 0 radical (unpaired) electrons. The monoisotopic (exact) mass is 224 g/mol. The predicted octanol–water partition coefficient (Wildman–Crippen LogP) is 2.81. The van der Waals surface area contributed by atoms with Crippen molar-refractivity contribution in [1.82, 2.24) is 10.3 Å². The van der Waals surface area contributed by atoms with Crippen LogP contribution in [-0.4, -0.2) is 18.1 Å². The van der Waals surface area contributed by atoms with E-state index in [-0.39, 0.29) is 0 Å². The number of aromatic nitrogens is 1. The third-order valence-corrected chi connectivity index (χ3v) is 3.56. The lowest BCUT2D eigenvalue weighted by molar-refractivity contribution is 0.554. The molecule has 2 rings (SSSR count). The summed E-state index contributed by atoms with van der Waals surface area (Å²) < 4.78 is 0. The van der Waals surface area contributed by atoms with Gasteiger partial charge in [0.15, 0.2) is 0 Å². The van der Waals surface area contributed by atoms with E-state index in [4.69, 9.17) is 0 Å². The highest BCUT2D eigenvalue weighted by atomic mass is 32.1. The summed E-state index contributed by atoms with van der Waals surface area (Å²) in [5.41, 5.74) is 1.35. The summed E-state index contributed by atoms with van der Waals surface area (Å²) in [6, 6.07) is 0. The van der Waals surface area contributed by atoms with Crippen molar-refractivity contribution in [3.05, 3.63) is 16.1 Å². The number of thiazole rings is 1. The van der Waals surface area contributed by atoms with E-state index < -0.39 is 0 Å². The van der Waals surface area contributed by atoms with Gasteiger partial charge in [-0.3, -0.25) is 0 Å². The van der Waals surface area contributed by atoms with Gasteiger partial charge in [-0.25, -0.2) is 4.98 Å². The molecule has 84 valence electrons. The second-order valence-corrected chi connectivity index (χ2v) is 5.73. The molecular weight excluding hydrogens is 204 g/mol. The quantitative estimate of drug-likeness (QED) is 0.752. The Labute approximate surface area is 96.1 Å². The van der Waals surface area contributed by atoms with Crippen LogP contribution >= 0.6 is 11.3 Å². The van der Waals surface area contributed by atoms with E-state index in [2.05, 4.69) is 29.5 Å². The first-order chi connectivity index (χ1) is 7.25. The summed E-state index contributed by atoms with van der Waals surface area (Å²) in [5.74, 6) is 1.54. The van der Waals surface area contributed by atoms with E-state index in [0.717, 1.165) is 31.3 Å². The lowest BCUT2D eigenvalue weighted by Crippen LogP contribution is -2.22. The van der Waals surface area contributed by atoms with Crippen molar-refractivity contribution in [3.8, 4) is 0 Å². The summed E-state index contributed by atoms with van der Waals surface area (Å²) in [5, 5.41) is 7.00. The van der Waals surface area contributed by atoms with Gasteiger partial charge in [-0.1, -0.05) is 13.8 Å². The molecule has 3 heteroatoms. The van der Waals surface area contributed by atoms with Gasteiger partial charge in [0, 0.05) is 24.3 Å². The summed E-state index contributed by atoms with van der Waals surface area (Å²) >= 11 is 1.83. The molecule has 1 N–H and O–H groups in total. The molecule has 1 aromatic rings. The lowest BCUT2D eigenvalue weighted by Gasteiger charge is -2.05. The minimum atomic E-state index is 0.739. The van der Waals surface area contributed by atoms with Crippen molar-refractivity contribution in [2.75, 3.05) is 13.1 Å². The highest BCUT2D eigenvalue weighted by Gasteiger charge is 2.25. The van der Waals surface area contributed by atoms with Gasteiger partial charge in [0.1, 0.15) is 0 Å². The molecule has 0 bridgehead atoms. The smallest absolute Gasteiger partial charge is 0.0941 e. The molecule has 2 nitrogen and oxygen atoms in total. The zero-order valence-electron chi connectivity index (χ0n) is 9.62. The first-order valence-corrected chi connectivity index (χ1v) is 6.78. The first-order valence-electron chi connectivity index (χ1n) is 5.90. The molecular formula is C12H20N2S. The summed E-state index contributed by atoms with van der Waals surface area (Å²) in [6.45, 7) is 6.65. The maximum atomic E-state index is 4.67. The molecule has 0 amide bonds. The van der Waals surface area contributed by atoms with Gasteiger partial charge in [-0.2, -0.15) is 0 Å². The maximum absolute atomic E-state index is 4.67. The van der Waals surface area contributed by atoms with Crippen molar-refractivity contribution >= 4 is 11.3 Å². The zero-order chi connectivity index (χ0) is 10.7. The van der Waals surface area contributed by atoms with E-state index in [0.29, 0.717) is 0 Å². The molecule has 0 aromatic carbocycles. The minimum absolute atomic E-state index is 0.739. The van der Waals surface area contributed by atoms with Gasteiger partial charge < -0.3 is 5.32 Å². The summed E-state index contributed by atoms with van der Waals surface area (Å²) in [6.07, 6.45) is 3.80. The van der Waals surface area contributed by atoms with Crippen molar-refractivity contribution in [1.29, 1.82) is 0 Å². The topological polar surface area (TPSA) is 24.9 Å². The van der Waals surface area contributed by atoms with Crippen LogP contribution in [-0.2, 0) is 6.42 Å². The Morgan fingerprint density at radius 3 is 3.00 bits per heavy atom. The fourth-order valence-electron chi connectivity index (χ4n) is 1.59. The molecule has 1 aliphatic rings. The van der Waals surface area contributed by atoms with Crippen LogP contribution in [0.5, 0.6) is 0 Å². The molecule has 0 unspecified atom stereocenters. The predicted molar refractivity (Wildman–Crippen MR) is 65.5 cm³/mol. The number of nitrogens with zero attached hydrogens (tertiary/aromatic N) is 1. The highest BCUT2D eigenvalue weighted by Crippen LogP contribution is 2.40. The van der Waals surface area contributed by atoms with Crippen molar-refractivity contribution in [3.63, 3.8) is 0 Å². The Hall–Kier alpha value is -0.410. The number of hydrogen-bond acceptors (Lipinski definition) is 3. The third-order valence-electron chi connectivity index (χ3n) is 2.63. The van der Waals surface area contributed by atoms with Crippen LogP contribution in [0.3, 0.4) is 0 Å². The second kappa shape index (κ2) is 5.08. The Morgan fingerprint density at radius 1 is 1.53 bits per heavy atom. The van der Waals surface area contributed by atoms with Crippen LogP contribution in [0, 0.1) is 5.92 Å². The van der Waals surface area contributed by atoms with E-state index >= 15 is 0 Å². The normalized spacial score (nSPS) is 16.2. The minimum Gasteiger partial charge on any atom is -0.316 e. The SMILES string of the molecule is CC(C)CNCCc1nc(C2CC2)cs1. The summed E-state index contributed by atoms with van der Waals surface area (Å²) in [7, 11) is 0. The molecule has 1 fully saturated rings. The van der Waals surface area contributed by atoms with E-state index in [9.17, 15) is 0 Å². The standard InChI is InChI=1S/C12H20N2S/c1-9(2)7-13-6-5-12-14-11(8-15-12)10-3-4-10/h8-10,13H,3-7H2,1-2H3. The Kier molecular flexibility index (Phi) is 3.76. The Bertz CT molecular complexity index is 302. The fraction of sp³-hybridized carbons (Fsp3) is 0.750. The fourth-order valence-corrected chi connectivity index (χ4v) is 2.47. The number of hydrogen-bond donors (Lipinski definition) is 1. The molecule has 0 spiro atoms. The lowest BCUT2D eigenvalue weighted by atomic mass is 10.2. The van der Waals surface area contributed by atoms with Gasteiger partial charge in [0.2, 0.25) is 0 Å². The molecule has 1 heterocycles. The summed E-state index contributed by atoms with van der Waals surface area (Å²) in [4.78, 5) is 4.67. The Balaban J connectivity index is 1.69. The zero-order valence-corrected chi connectivity index (χ0v) is 10.4. The van der Waals surface area contributed by atoms with E-state index in [1.165, 1.54) is 23.5 Å². The molecule has 1 saturated carbocycles. The van der Waals surface area contributed by atoms with Crippen molar-refractivity contribution in [2.45, 2.75) is 39.0 Å². The molecule has 1 aromatic heterocycles. The molecule has 1 aliphatic carbocycles. The maximum Gasteiger partial charge on any atom is 0.0941 e. The van der Waals surface area contributed by atoms with Gasteiger partial charge in [-0.15, -0.1) is 11.3 Å². The molecule has 15 heavy (non-hydrogen) atoms. The number of rotatable bonds is 6. The van der Waals surface area contributed by atoms with Gasteiger partial charge >= 0.3 is 0 Å². The average Bonchev–Trinajstić information content (AvgIpc) is 2.94. The van der Waals surface area contributed by atoms with Crippen molar-refractivity contribution in [2.24, 2.45) is 5.92 Å². The second-order valence-electron chi connectivity index (χ2n) is 4.79. The van der Waals surface area contributed by atoms with Crippen LogP contribution in [0.1, 0.15) is 43.3 Å². The van der Waals surface area contributed by atoms with Gasteiger partial charge in [-0.05, 0) is 25.3 Å². The highest BCUT2D eigenvalue weighted by molar-refractivity contribution is 7.09.